The number of nitrogens with zero attached hydrogens (tertiary/aromatic N) is 3. The zero-order valence-electron chi connectivity index (χ0n) is 22.0. The van der Waals surface area contributed by atoms with E-state index in [4.69, 9.17) is 4.74 Å². The number of urea groups is 1. The third-order valence-corrected chi connectivity index (χ3v) is 8.95. The first kappa shape index (κ1) is 27.7. The lowest BCUT2D eigenvalue weighted by molar-refractivity contribution is -0.139. The molecule has 11 heteroatoms. The van der Waals surface area contributed by atoms with Gasteiger partial charge in [0.2, 0.25) is 10.0 Å². The first-order valence-corrected chi connectivity index (χ1v) is 14.0. The molecule has 9 nitrogen and oxygen atoms in total. The monoisotopic (exact) mass is 544 g/mol. The van der Waals surface area contributed by atoms with Crippen LogP contribution in [0.4, 0.5) is 9.18 Å². The minimum Gasteiger partial charge on any atom is -0.463 e. The third-order valence-electron chi connectivity index (χ3n) is 6.93. The Morgan fingerprint density at radius 2 is 1.76 bits per heavy atom. The summed E-state index contributed by atoms with van der Waals surface area (Å²) in [6.07, 6.45) is 0. The van der Waals surface area contributed by atoms with E-state index in [2.05, 4.69) is 5.32 Å². The van der Waals surface area contributed by atoms with Crippen LogP contribution in [0.25, 0.3) is 0 Å². The summed E-state index contributed by atoms with van der Waals surface area (Å²) in [7, 11) is -2.09. The van der Waals surface area contributed by atoms with E-state index in [1.54, 1.807) is 38.2 Å². The molecule has 0 aliphatic carbocycles. The number of likely N-dealkylation sites (N-methyl/N-ethyl adjacent to an activating group) is 1. The fraction of sp³-hybridized carbons (Fsp3) is 0.407. The van der Waals surface area contributed by atoms with Gasteiger partial charge in [-0.25, -0.2) is 22.4 Å². The number of aryl methyl sites for hydroxylation is 1. The number of hydrogen-bond acceptors (Lipinski definition) is 6. The summed E-state index contributed by atoms with van der Waals surface area (Å²) < 4.78 is 47.0. The first-order valence-electron chi connectivity index (χ1n) is 12.5. The van der Waals surface area contributed by atoms with E-state index in [1.165, 1.54) is 33.5 Å². The van der Waals surface area contributed by atoms with Gasteiger partial charge in [-0.2, -0.15) is 4.31 Å². The van der Waals surface area contributed by atoms with Crippen LogP contribution in [0.15, 0.2) is 64.7 Å². The van der Waals surface area contributed by atoms with Crippen molar-refractivity contribution in [1.82, 2.24) is 19.4 Å². The van der Waals surface area contributed by atoms with Crippen LogP contribution >= 0.6 is 0 Å². The Hall–Kier alpha value is -3.28. The summed E-state index contributed by atoms with van der Waals surface area (Å²) in [6.45, 7) is 6.90. The molecule has 1 N–H and O–H groups in total. The molecule has 0 bridgehead atoms. The van der Waals surface area contributed by atoms with Crippen LogP contribution in [-0.2, 0) is 19.6 Å². The molecule has 0 saturated carbocycles. The standard InChI is InChI=1S/C27H33FN4O5S/c1-5-37-26(33)24-23(30(4)27(34)29-25(24)20-8-10-21(28)11-9-20)17-31-14-15-32(19(3)16-31)38(35,36)22-12-6-18(2)7-13-22/h6-13,19,25H,5,14-17H2,1-4H3,(H,29,34)/t19-,25-/m0/s1. The number of ether oxygens (including phenoxy) is 1. The van der Waals surface area contributed by atoms with Gasteiger partial charge in [-0.1, -0.05) is 29.8 Å². The summed E-state index contributed by atoms with van der Waals surface area (Å²) in [5.41, 5.74) is 2.26. The summed E-state index contributed by atoms with van der Waals surface area (Å²) in [4.78, 5) is 29.7. The van der Waals surface area contributed by atoms with Crippen molar-refractivity contribution in [3.8, 4) is 0 Å². The summed E-state index contributed by atoms with van der Waals surface area (Å²) in [5, 5.41) is 2.82. The predicted octanol–water partition coefficient (Wildman–Crippen LogP) is 3.04. The van der Waals surface area contributed by atoms with Gasteiger partial charge in [0, 0.05) is 45.0 Å². The minimum absolute atomic E-state index is 0.149. The van der Waals surface area contributed by atoms with Crippen LogP contribution in [0.2, 0.25) is 0 Å². The van der Waals surface area contributed by atoms with Crippen molar-refractivity contribution in [3.63, 3.8) is 0 Å². The van der Waals surface area contributed by atoms with Gasteiger partial charge >= 0.3 is 12.0 Å². The summed E-state index contributed by atoms with van der Waals surface area (Å²) in [5.74, 6) is -1.00. The lowest BCUT2D eigenvalue weighted by atomic mass is 9.94. The molecule has 38 heavy (non-hydrogen) atoms. The van der Waals surface area contributed by atoms with Gasteiger partial charge in [-0.3, -0.25) is 9.80 Å². The number of carbonyl (C=O) groups excluding carboxylic acids is 2. The molecule has 2 aromatic carbocycles. The molecule has 0 radical (unpaired) electrons. The van der Waals surface area contributed by atoms with Gasteiger partial charge in [0.1, 0.15) is 5.82 Å². The number of esters is 1. The Kier molecular flexibility index (Phi) is 8.19. The lowest BCUT2D eigenvalue weighted by Gasteiger charge is -2.41. The number of piperazine rings is 1. The number of amides is 2. The van der Waals surface area contributed by atoms with Crippen molar-refractivity contribution < 1.29 is 27.1 Å². The van der Waals surface area contributed by atoms with E-state index >= 15 is 0 Å². The van der Waals surface area contributed by atoms with E-state index in [0.29, 0.717) is 24.4 Å². The number of nitrogens with one attached hydrogen (secondary N) is 1. The number of halogens is 1. The maximum atomic E-state index is 13.6. The second-order valence-corrected chi connectivity index (χ2v) is 11.5. The van der Waals surface area contributed by atoms with E-state index in [9.17, 15) is 22.4 Å². The maximum absolute atomic E-state index is 13.6. The molecule has 2 aliphatic rings. The lowest BCUT2D eigenvalue weighted by Crippen LogP contribution is -2.56. The van der Waals surface area contributed by atoms with Gasteiger partial charge in [0.05, 0.1) is 23.1 Å². The van der Waals surface area contributed by atoms with Gasteiger partial charge < -0.3 is 10.1 Å². The Balaban J connectivity index is 1.62. The highest BCUT2D eigenvalue weighted by Crippen LogP contribution is 2.32. The van der Waals surface area contributed by atoms with E-state index < -0.39 is 33.9 Å². The predicted molar refractivity (Wildman–Crippen MR) is 140 cm³/mol. The SMILES string of the molecule is CCOC(=O)C1=C(CN2CCN(S(=O)(=O)c3ccc(C)cc3)[C@@H](C)C2)N(C)C(=O)N[C@H]1c1ccc(F)cc1. The van der Waals surface area contributed by atoms with E-state index in [1.807, 2.05) is 18.7 Å². The fourth-order valence-corrected chi connectivity index (χ4v) is 6.49. The Morgan fingerprint density at radius 1 is 1.11 bits per heavy atom. The molecule has 4 rings (SSSR count). The van der Waals surface area contributed by atoms with Crippen molar-refractivity contribution in [1.29, 1.82) is 0 Å². The highest BCUT2D eigenvalue weighted by Gasteiger charge is 2.39. The Morgan fingerprint density at radius 3 is 2.37 bits per heavy atom. The molecule has 2 aromatic rings. The average molecular weight is 545 g/mol. The molecule has 204 valence electrons. The molecule has 2 heterocycles. The van der Waals surface area contributed by atoms with Crippen LogP contribution in [-0.4, -0.2) is 80.4 Å². The highest BCUT2D eigenvalue weighted by atomic mass is 32.2. The van der Waals surface area contributed by atoms with Gasteiger partial charge in [-0.05, 0) is 50.6 Å². The van der Waals surface area contributed by atoms with Crippen molar-refractivity contribution >= 4 is 22.0 Å². The molecule has 1 fully saturated rings. The minimum atomic E-state index is -3.67. The molecule has 2 atom stereocenters. The van der Waals surface area contributed by atoms with Crippen molar-refractivity contribution in [2.45, 2.75) is 37.8 Å². The molecule has 0 spiro atoms. The fourth-order valence-electron chi connectivity index (χ4n) is 4.88. The van der Waals surface area contributed by atoms with Crippen LogP contribution < -0.4 is 5.32 Å². The molecular formula is C27H33FN4O5S. The van der Waals surface area contributed by atoms with Gasteiger partial charge in [0.15, 0.2) is 0 Å². The van der Waals surface area contributed by atoms with E-state index in [0.717, 1.165) is 5.56 Å². The number of sulfonamides is 1. The van der Waals surface area contributed by atoms with E-state index in [-0.39, 0.29) is 36.2 Å². The van der Waals surface area contributed by atoms with Crippen LogP contribution in [0.3, 0.4) is 0 Å². The molecular weight excluding hydrogens is 511 g/mol. The van der Waals surface area contributed by atoms with Crippen LogP contribution in [0, 0.1) is 12.7 Å². The van der Waals surface area contributed by atoms with Gasteiger partial charge in [-0.15, -0.1) is 0 Å². The Labute approximate surface area is 222 Å². The number of rotatable bonds is 7. The zero-order valence-corrected chi connectivity index (χ0v) is 22.8. The van der Waals surface area contributed by atoms with Crippen molar-refractivity contribution in [2.75, 3.05) is 39.8 Å². The van der Waals surface area contributed by atoms with Crippen LogP contribution in [0.1, 0.15) is 31.0 Å². The summed E-state index contributed by atoms with van der Waals surface area (Å²) >= 11 is 0. The Bertz CT molecular complexity index is 1330. The molecule has 0 aromatic heterocycles. The number of carbonyl (C=O) groups is 2. The second-order valence-electron chi connectivity index (χ2n) is 9.59. The maximum Gasteiger partial charge on any atom is 0.338 e. The van der Waals surface area contributed by atoms with Crippen molar-refractivity contribution in [2.24, 2.45) is 0 Å². The molecule has 1 saturated heterocycles. The number of hydrogen-bond donors (Lipinski definition) is 1. The van der Waals surface area contributed by atoms with Crippen LogP contribution in [0.5, 0.6) is 0 Å². The highest BCUT2D eigenvalue weighted by molar-refractivity contribution is 7.89. The van der Waals surface area contributed by atoms with Gasteiger partial charge in [0.25, 0.3) is 0 Å². The average Bonchev–Trinajstić information content (AvgIpc) is 2.87. The molecule has 2 aliphatic heterocycles. The molecule has 2 amide bonds. The first-order chi connectivity index (χ1) is 18.0. The summed E-state index contributed by atoms with van der Waals surface area (Å²) in [6, 6.07) is 10.8. The zero-order chi connectivity index (χ0) is 27.6. The smallest absolute Gasteiger partial charge is 0.338 e. The normalized spacial score (nSPS) is 21.4. The third kappa shape index (κ3) is 5.59. The molecule has 0 unspecified atom stereocenters. The largest absolute Gasteiger partial charge is 0.463 e. The second kappa shape index (κ2) is 11.2. The number of benzene rings is 2. The quantitative estimate of drug-likeness (QED) is 0.538. The topological polar surface area (TPSA) is 99.3 Å². The van der Waals surface area contributed by atoms with Crippen molar-refractivity contribution in [3.05, 3.63) is 76.7 Å².